The Morgan fingerprint density at radius 2 is 2.19 bits per heavy atom. The summed E-state index contributed by atoms with van der Waals surface area (Å²) in [5.74, 6) is -0.682. The standard InChI is InChI=1S/C21H22N6O3S/c1-13-18(31-26-8-9-27-15(12-26)6-7-23-27)10-17(25(13)2)20(28)22-11-14-4-3-5-16-19(14)30-21(29)24-16/h3-7,10H,8-9,11-12H2,1-2H3,(H,22,28)(H,24,29). The highest BCUT2D eigenvalue weighted by Crippen LogP contribution is 2.31. The molecule has 9 nitrogen and oxygen atoms in total. The van der Waals surface area contributed by atoms with Crippen molar-refractivity contribution in [2.24, 2.45) is 7.05 Å². The van der Waals surface area contributed by atoms with Gasteiger partial charge in [-0.2, -0.15) is 5.10 Å². The normalized spacial score (nSPS) is 14.1. The highest BCUT2D eigenvalue weighted by molar-refractivity contribution is 7.97. The van der Waals surface area contributed by atoms with Crippen molar-refractivity contribution in [3.8, 4) is 0 Å². The fourth-order valence-electron chi connectivity index (χ4n) is 3.80. The second-order valence-corrected chi connectivity index (χ2v) is 8.67. The first-order chi connectivity index (χ1) is 15.0. The number of rotatable bonds is 5. The Morgan fingerprint density at radius 3 is 3.06 bits per heavy atom. The first kappa shape index (κ1) is 19.7. The number of nitrogens with zero attached hydrogens (tertiary/aromatic N) is 4. The number of nitrogens with one attached hydrogen (secondary N) is 2. The molecule has 2 N–H and O–H groups in total. The van der Waals surface area contributed by atoms with Gasteiger partial charge in [-0.15, -0.1) is 0 Å². The molecule has 160 valence electrons. The van der Waals surface area contributed by atoms with Gasteiger partial charge in [-0.25, -0.2) is 9.10 Å². The predicted octanol–water partition coefficient (Wildman–Crippen LogP) is 2.42. The Labute approximate surface area is 182 Å². The summed E-state index contributed by atoms with van der Waals surface area (Å²) in [7, 11) is 1.89. The number of carbonyl (C=O) groups excluding carboxylic acids is 1. The molecule has 0 unspecified atom stereocenters. The van der Waals surface area contributed by atoms with E-state index in [1.54, 1.807) is 18.0 Å². The Balaban J connectivity index is 1.30. The van der Waals surface area contributed by atoms with Crippen LogP contribution in [0.2, 0.25) is 0 Å². The number of oxazole rings is 1. The number of amides is 1. The van der Waals surface area contributed by atoms with Gasteiger partial charge in [0.15, 0.2) is 5.58 Å². The summed E-state index contributed by atoms with van der Waals surface area (Å²) in [5, 5.41) is 7.26. The quantitative estimate of drug-likeness (QED) is 0.464. The molecule has 0 fully saturated rings. The molecule has 0 radical (unpaired) electrons. The number of benzene rings is 1. The monoisotopic (exact) mass is 438 g/mol. The number of aromatic amines is 1. The summed E-state index contributed by atoms with van der Waals surface area (Å²) in [4.78, 5) is 28.1. The molecule has 3 aromatic heterocycles. The zero-order chi connectivity index (χ0) is 21.5. The van der Waals surface area contributed by atoms with Crippen LogP contribution in [0.3, 0.4) is 0 Å². The van der Waals surface area contributed by atoms with Gasteiger partial charge in [-0.05, 0) is 37.1 Å². The largest absolute Gasteiger partial charge is 0.417 e. The van der Waals surface area contributed by atoms with Crippen LogP contribution in [0.1, 0.15) is 27.4 Å². The number of para-hydroxylation sites is 1. The van der Waals surface area contributed by atoms with Crippen LogP contribution in [-0.2, 0) is 26.7 Å². The minimum absolute atomic E-state index is 0.177. The fourth-order valence-corrected chi connectivity index (χ4v) is 4.88. The van der Waals surface area contributed by atoms with E-state index >= 15 is 0 Å². The summed E-state index contributed by atoms with van der Waals surface area (Å²) in [6.07, 6.45) is 1.83. The third kappa shape index (κ3) is 3.68. The lowest BCUT2D eigenvalue weighted by Gasteiger charge is -2.26. The molecule has 0 aliphatic carbocycles. The molecule has 0 spiro atoms. The van der Waals surface area contributed by atoms with Crippen molar-refractivity contribution in [1.29, 1.82) is 0 Å². The molecule has 1 aliphatic rings. The van der Waals surface area contributed by atoms with Crippen LogP contribution in [0.5, 0.6) is 0 Å². The second-order valence-electron chi connectivity index (χ2n) is 7.53. The van der Waals surface area contributed by atoms with Gasteiger partial charge in [0.2, 0.25) is 0 Å². The van der Waals surface area contributed by atoms with Crippen LogP contribution < -0.4 is 11.1 Å². The van der Waals surface area contributed by atoms with Crippen molar-refractivity contribution < 1.29 is 9.21 Å². The number of aromatic nitrogens is 4. The van der Waals surface area contributed by atoms with Crippen molar-refractivity contribution in [3.05, 3.63) is 69.7 Å². The second kappa shape index (κ2) is 7.78. The van der Waals surface area contributed by atoms with Crippen molar-refractivity contribution in [2.45, 2.75) is 31.5 Å². The van der Waals surface area contributed by atoms with Gasteiger partial charge >= 0.3 is 5.76 Å². The first-order valence-electron chi connectivity index (χ1n) is 9.98. The minimum atomic E-state index is -0.505. The molecule has 1 aromatic carbocycles. The molecule has 0 saturated carbocycles. The summed E-state index contributed by atoms with van der Waals surface area (Å²) < 4.78 is 11.4. The zero-order valence-corrected chi connectivity index (χ0v) is 18.0. The zero-order valence-electron chi connectivity index (χ0n) is 17.2. The van der Waals surface area contributed by atoms with E-state index in [1.807, 2.05) is 53.7 Å². The molecule has 0 saturated heterocycles. The van der Waals surface area contributed by atoms with Gasteiger partial charge in [-0.3, -0.25) is 14.5 Å². The number of hydrogen-bond acceptors (Lipinski definition) is 6. The number of H-pyrrole nitrogens is 1. The van der Waals surface area contributed by atoms with E-state index in [9.17, 15) is 9.59 Å². The third-order valence-corrected chi connectivity index (χ3v) is 6.80. The van der Waals surface area contributed by atoms with Gasteiger partial charge in [0.25, 0.3) is 5.91 Å². The lowest BCUT2D eigenvalue weighted by molar-refractivity contribution is 0.0942. The summed E-state index contributed by atoms with van der Waals surface area (Å²) in [6.45, 7) is 4.84. The molecular weight excluding hydrogens is 416 g/mol. The molecule has 0 bridgehead atoms. The highest BCUT2D eigenvalue weighted by atomic mass is 32.2. The van der Waals surface area contributed by atoms with Gasteiger partial charge in [0.05, 0.1) is 24.3 Å². The van der Waals surface area contributed by atoms with Crippen LogP contribution in [0, 0.1) is 6.92 Å². The average Bonchev–Trinajstić information content (AvgIpc) is 3.45. The molecule has 10 heteroatoms. The molecule has 4 heterocycles. The summed E-state index contributed by atoms with van der Waals surface area (Å²) in [6, 6.07) is 9.39. The van der Waals surface area contributed by atoms with Crippen molar-refractivity contribution >= 4 is 29.0 Å². The minimum Gasteiger partial charge on any atom is -0.407 e. The Bertz CT molecular complexity index is 1330. The van der Waals surface area contributed by atoms with E-state index in [0.29, 0.717) is 16.8 Å². The van der Waals surface area contributed by atoms with Gasteiger partial charge in [-0.1, -0.05) is 12.1 Å². The maximum Gasteiger partial charge on any atom is 0.417 e. The Hall–Kier alpha value is -3.24. The molecule has 1 amide bonds. The lowest BCUT2D eigenvalue weighted by atomic mass is 10.2. The van der Waals surface area contributed by atoms with Crippen LogP contribution in [0.25, 0.3) is 11.1 Å². The van der Waals surface area contributed by atoms with Crippen LogP contribution in [0.15, 0.2) is 50.6 Å². The molecule has 5 rings (SSSR count). The Morgan fingerprint density at radius 1 is 1.32 bits per heavy atom. The number of hydrogen-bond donors (Lipinski definition) is 2. The maximum atomic E-state index is 12.9. The Kier molecular flexibility index (Phi) is 4.95. The summed E-state index contributed by atoms with van der Waals surface area (Å²) in [5.41, 5.74) is 4.65. The highest BCUT2D eigenvalue weighted by Gasteiger charge is 2.21. The van der Waals surface area contributed by atoms with E-state index in [0.717, 1.165) is 35.8 Å². The van der Waals surface area contributed by atoms with Crippen LogP contribution in [-0.4, -0.2) is 36.1 Å². The van der Waals surface area contributed by atoms with E-state index in [2.05, 4.69) is 19.7 Å². The van der Waals surface area contributed by atoms with Crippen molar-refractivity contribution in [1.82, 2.24) is 29.0 Å². The molecule has 0 atom stereocenters. The third-order valence-electron chi connectivity index (χ3n) is 5.62. The van der Waals surface area contributed by atoms with Crippen LogP contribution in [0.4, 0.5) is 0 Å². The fraction of sp³-hybridized carbons (Fsp3) is 0.286. The first-order valence-corrected chi connectivity index (χ1v) is 10.8. The van der Waals surface area contributed by atoms with E-state index in [1.165, 1.54) is 5.69 Å². The lowest BCUT2D eigenvalue weighted by Crippen LogP contribution is -2.28. The van der Waals surface area contributed by atoms with Gasteiger partial charge in [0.1, 0.15) is 5.69 Å². The molecular formula is C21H22N6O3S. The van der Waals surface area contributed by atoms with Crippen molar-refractivity contribution in [2.75, 3.05) is 6.54 Å². The SMILES string of the molecule is Cc1c(SN2CCn3nccc3C2)cc(C(=O)NCc2cccc3[nH]c(=O)oc23)n1C. The molecule has 4 aromatic rings. The maximum absolute atomic E-state index is 12.9. The van der Waals surface area contributed by atoms with E-state index < -0.39 is 5.76 Å². The summed E-state index contributed by atoms with van der Waals surface area (Å²) >= 11 is 1.67. The topological polar surface area (TPSA) is 101 Å². The predicted molar refractivity (Wildman–Crippen MR) is 117 cm³/mol. The van der Waals surface area contributed by atoms with E-state index in [4.69, 9.17) is 4.42 Å². The number of carbonyl (C=O) groups is 1. The molecule has 31 heavy (non-hydrogen) atoms. The smallest absolute Gasteiger partial charge is 0.407 e. The van der Waals surface area contributed by atoms with Crippen molar-refractivity contribution in [3.63, 3.8) is 0 Å². The van der Waals surface area contributed by atoms with Gasteiger partial charge in [0, 0.05) is 42.5 Å². The van der Waals surface area contributed by atoms with Gasteiger partial charge < -0.3 is 14.3 Å². The van der Waals surface area contributed by atoms with Crippen LogP contribution >= 0.6 is 11.9 Å². The molecule has 1 aliphatic heterocycles. The van der Waals surface area contributed by atoms with E-state index in [-0.39, 0.29) is 12.5 Å². The number of fused-ring (bicyclic) bond motifs is 2. The average molecular weight is 439 g/mol.